The first-order valence-corrected chi connectivity index (χ1v) is 10.7. The molecule has 0 fully saturated rings. The summed E-state index contributed by atoms with van der Waals surface area (Å²) in [5.74, 6) is -0.679. The van der Waals surface area contributed by atoms with Crippen LogP contribution in [0.2, 0.25) is 0 Å². The number of amides is 1. The summed E-state index contributed by atoms with van der Waals surface area (Å²) in [4.78, 5) is 24.5. The highest BCUT2D eigenvalue weighted by Crippen LogP contribution is 2.20. The fourth-order valence-electron chi connectivity index (χ4n) is 2.79. The van der Waals surface area contributed by atoms with E-state index in [1.165, 1.54) is 22.7 Å². The van der Waals surface area contributed by atoms with Crippen molar-refractivity contribution in [3.8, 4) is 0 Å². The standard InChI is InChI=1S/C20H26N2O6S/c1-5-22(6-2)29(25,26)16-10-9-14(3)17(12-16)20(24)28-13-19(23)21-15(4)18-8-7-11-27-18/h7-12,15H,5-6,13H2,1-4H3,(H,21,23)/t15-/m1/s1. The predicted molar refractivity (Wildman–Crippen MR) is 107 cm³/mol. The number of esters is 1. The van der Waals surface area contributed by atoms with Gasteiger partial charge in [-0.1, -0.05) is 19.9 Å². The number of carbonyl (C=O) groups is 2. The maximum Gasteiger partial charge on any atom is 0.338 e. The van der Waals surface area contributed by atoms with Gasteiger partial charge in [-0.3, -0.25) is 4.79 Å². The molecule has 0 aliphatic heterocycles. The molecule has 0 unspecified atom stereocenters. The number of aryl methyl sites for hydroxylation is 1. The summed E-state index contributed by atoms with van der Waals surface area (Å²) in [5.41, 5.74) is 0.656. The molecule has 2 rings (SSSR count). The highest BCUT2D eigenvalue weighted by molar-refractivity contribution is 7.89. The van der Waals surface area contributed by atoms with E-state index < -0.39 is 28.5 Å². The van der Waals surface area contributed by atoms with Crippen LogP contribution in [0.4, 0.5) is 0 Å². The third-order valence-electron chi connectivity index (χ3n) is 4.45. The van der Waals surface area contributed by atoms with Gasteiger partial charge in [0.1, 0.15) is 5.76 Å². The summed E-state index contributed by atoms with van der Waals surface area (Å²) in [6.07, 6.45) is 1.50. The maximum atomic E-state index is 12.7. The number of hydrogen-bond donors (Lipinski definition) is 1. The Morgan fingerprint density at radius 2 is 1.90 bits per heavy atom. The van der Waals surface area contributed by atoms with Crippen molar-refractivity contribution in [1.82, 2.24) is 9.62 Å². The predicted octanol–water partition coefficient (Wildman–Crippen LogP) is 2.65. The Balaban J connectivity index is 2.08. The van der Waals surface area contributed by atoms with E-state index in [0.29, 0.717) is 24.4 Å². The van der Waals surface area contributed by atoms with Crippen molar-refractivity contribution in [3.05, 3.63) is 53.5 Å². The fourth-order valence-corrected chi connectivity index (χ4v) is 4.28. The molecule has 29 heavy (non-hydrogen) atoms. The van der Waals surface area contributed by atoms with Gasteiger partial charge in [0, 0.05) is 13.1 Å². The largest absolute Gasteiger partial charge is 0.467 e. The van der Waals surface area contributed by atoms with Gasteiger partial charge in [-0.2, -0.15) is 4.31 Å². The Hall–Kier alpha value is -2.65. The van der Waals surface area contributed by atoms with Gasteiger partial charge in [0.25, 0.3) is 5.91 Å². The van der Waals surface area contributed by atoms with Gasteiger partial charge in [-0.15, -0.1) is 0 Å². The molecular formula is C20H26N2O6S. The Morgan fingerprint density at radius 1 is 1.21 bits per heavy atom. The van der Waals surface area contributed by atoms with Crippen molar-refractivity contribution in [2.24, 2.45) is 0 Å². The van der Waals surface area contributed by atoms with Crippen LogP contribution in [0.1, 0.15) is 48.5 Å². The van der Waals surface area contributed by atoms with Gasteiger partial charge < -0.3 is 14.5 Å². The minimum Gasteiger partial charge on any atom is -0.467 e. The minimum absolute atomic E-state index is 0.00893. The topological polar surface area (TPSA) is 106 Å². The third-order valence-corrected chi connectivity index (χ3v) is 6.50. The lowest BCUT2D eigenvalue weighted by Crippen LogP contribution is -2.31. The van der Waals surface area contributed by atoms with Gasteiger partial charge in [-0.05, 0) is 43.7 Å². The molecule has 8 nitrogen and oxygen atoms in total. The zero-order valence-electron chi connectivity index (χ0n) is 17.0. The molecule has 9 heteroatoms. The molecule has 0 radical (unpaired) electrons. The SMILES string of the molecule is CCN(CC)S(=O)(=O)c1ccc(C)c(C(=O)OCC(=O)N[C@H](C)c2ccco2)c1. The van der Waals surface area contributed by atoms with E-state index in [4.69, 9.17) is 9.15 Å². The molecule has 0 bridgehead atoms. The van der Waals surface area contributed by atoms with Crippen LogP contribution >= 0.6 is 0 Å². The summed E-state index contributed by atoms with van der Waals surface area (Å²) in [7, 11) is -3.71. The average Bonchev–Trinajstić information content (AvgIpc) is 3.22. The van der Waals surface area contributed by atoms with Gasteiger partial charge >= 0.3 is 5.97 Å². The van der Waals surface area contributed by atoms with E-state index in [-0.39, 0.29) is 16.5 Å². The smallest absolute Gasteiger partial charge is 0.338 e. The van der Waals surface area contributed by atoms with Crippen molar-refractivity contribution in [2.75, 3.05) is 19.7 Å². The number of ether oxygens (including phenoxy) is 1. The molecule has 1 aromatic carbocycles. The summed E-state index contributed by atoms with van der Waals surface area (Å²) >= 11 is 0. The van der Waals surface area contributed by atoms with E-state index in [1.807, 2.05) is 0 Å². The molecule has 0 saturated heterocycles. The number of hydrogen-bond acceptors (Lipinski definition) is 6. The molecule has 1 aromatic heterocycles. The number of furan rings is 1. The number of nitrogens with zero attached hydrogens (tertiary/aromatic N) is 1. The van der Waals surface area contributed by atoms with Crippen molar-refractivity contribution in [1.29, 1.82) is 0 Å². The number of benzene rings is 1. The summed E-state index contributed by atoms with van der Waals surface area (Å²) in [6.45, 7) is 7.05. The minimum atomic E-state index is -3.71. The molecule has 0 saturated carbocycles. The lowest BCUT2D eigenvalue weighted by atomic mass is 10.1. The van der Waals surface area contributed by atoms with Crippen LogP contribution in [-0.4, -0.2) is 44.3 Å². The Bertz CT molecular complexity index is 949. The van der Waals surface area contributed by atoms with Crippen LogP contribution in [0.5, 0.6) is 0 Å². The van der Waals surface area contributed by atoms with Crippen LogP contribution in [0.25, 0.3) is 0 Å². The van der Waals surface area contributed by atoms with E-state index >= 15 is 0 Å². The molecule has 1 heterocycles. The monoisotopic (exact) mass is 422 g/mol. The first-order valence-electron chi connectivity index (χ1n) is 9.31. The van der Waals surface area contributed by atoms with Gasteiger partial charge in [0.15, 0.2) is 6.61 Å². The molecule has 2 aromatic rings. The second-order valence-electron chi connectivity index (χ2n) is 6.45. The molecule has 1 N–H and O–H groups in total. The van der Waals surface area contributed by atoms with Crippen LogP contribution in [0.3, 0.4) is 0 Å². The summed E-state index contributed by atoms with van der Waals surface area (Å²) in [6, 6.07) is 7.35. The Labute approximate surface area is 170 Å². The van der Waals surface area contributed by atoms with Gasteiger partial charge in [0.05, 0.1) is 22.8 Å². The lowest BCUT2D eigenvalue weighted by Gasteiger charge is -2.19. The summed E-state index contributed by atoms with van der Waals surface area (Å²) < 4.78 is 37.0. The number of rotatable bonds is 9. The van der Waals surface area contributed by atoms with Gasteiger partial charge in [0.2, 0.25) is 10.0 Å². The van der Waals surface area contributed by atoms with Crippen LogP contribution in [0, 0.1) is 6.92 Å². The zero-order valence-corrected chi connectivity index (χ0v) is 17.8. The molecule has 1 atom stereocenters. The second kappa shape index (κ2) is 9.71. The molecule has 158 valence electrons. The third kappa shape index (κ3) is 5.45. The molecule has 1 amide bonds. The normalized spacial score (nSPS) is 12.6. The number of sulfonamides is 1. The quantitative estimate of drug-likeness (QED) is 0.623. The first kappa shape index (κ1) is 22.6. The molecule has 0 aliphatic rings. The van der Waals surface area contributed by atoms with Crippen molar-refractivity contribution in [3.63, 3.8) is 0 Å². The van der Waals surface area contributed by atoms with Crippen molar-refractivity contribution < 1.29 is 27.2 Å². The van der Waals surface area contributed by atoms with E-state index in [1.54, 1.807) is 45.9 Å². The molecule has 0 aliphatic carbocycles. The average molecular weight is 423 g/mol. The zero-order chi connectivity index (χ0) is 21.6. The maximum absolute atomic E-state index is 12.7. The van der Waals surface area contributed by atoms with Crippen molar-refractivity contribution >= 4 is 21.9 Å². The second-order valence-corrected chi connectivity index (χ2v) is 8.38. The first-order chi connectivity index (χ1) is 13.7. The number of carbonyl (C=O) groups excluding carboxylic acids is 2. The van der Waals surface area contributed by atoms with E-state index in [0.717, 1.165) is 0 Å². The van der Waals surface area contributed by atoms with E-state index in [2.05, 4.69) is 5.32 Å². The fraction of sp³-hybridized carbons (Fsp3) is 0.400. The summed E-state index contributed by atoms with van der Waals surface area (Å²) in [5, 5.41) is 2.66. The van der Waals surface area contributed by atoms with Crippen LogP contribution in [0.15, 0.2) is 45.9 Å². The highest BCUT2D eigenvalue weighted by Gasteiger charge is 2.24. The van der Waals surface area contributed by atoms with Crippen LogP contribution in [-0.2, 0) is 19.6 Å². The number of nitrogens with one attached hydrogen (secondary N) is 1. The lowest BCUT2D eigenvalue weighted by molar-refractivity contribution is -0.125. The Kier molecular flexibility index (Phi) is 7.58. The highest BCUT2D eigenvalue weighted by atomic mass is 32.2. The van der Waals surface area contributed by atoms with Crippen molar-refractivity contribution in [2.45, 2.75) is 38.6 Å². The van der Waals surface area contributed by atoms with Gasteiger partial charge in [-0.25, -0.2) is 13.2 Å². The molecule has 0 spiro atoms. The van der Waals surface area contributed by atoms with E-state index in [9.17, 15) is 18.0 Å². The molecular weight excluding hydrogens is 396 g/mol. The Morgan fingerprint density at radius 3 is 2.48 bits per heavy atom. The van der Waals surface area contributed by atoms with Crippen LogP contribution < -0.4 is 5.32 Å².